The van der Waals surface area contributed by atoms with Crippen LogP contribution in [0.15, 0.2) is 12.1 Å². The van der Waals surface area contributed by atoms with Crippen LogP contribution in [0.2, 0.25) is 5.02 Å². The van der Waals surface area contributed by atoms with Crippen molar-refractivity contribution >= 4 is 28.9 Å². The predicted octanol–water partition coefficient (Wildman–Crippen LogP) is 1.85. The van der Waals surface area contributed by atoms with E-state index in [-0.39, 0.29) is 23.9 Å². The summed E-state index contributed by atoms with van der Waals surface area (Å²) in [6, 6.07) is 2.89. The molecule has 108 valence electrons. The summed E-state index contributed by atoms with van der Waals surface area (Å²) in [7, 11) is 0. The average molecular weight is 301 g/mol. The Balaban J connectivity index is 2.31. The first-order chi connectivity index (χ1) is 9.40. The molecule has 8 heteroatoms. The minimum atomic E-state index is -1.03. The van der Waals surface area contributed by atoms with Gasteiger partial charge in [0.2, 0.25) is 0 Å². The smallest absolute Gasteiger partial charge is 0.334 e. The van der Waals surface area contributed by atoms with Crippen molar-refractivity contribution < 1.29 is 19.6 Å². The number of rotatable bonds is 3. The van der Waals surface area contributed by atoms with E-state index in [1.54, 1.807) is 6.92 Å². The maximum Gasteiger partial charge on any atom is 0.334 e. The van der Waals surface area contributed by atoms with Crippen LogP contribution >= 0.6 is 11.6 Å². The van der Waals surface area contributed by atoms with Gasteiger partial charge in [-0.25, -0.2) is 4.79 Å². The first-order valence-electron chi connectivity index (χ1n) is 5.94. The van der Waals surface area contributed by atoms with Gasteiger partial charge in [-0.15, -0.1) is 0 Å². The van der Waals surface area contributed by atoms with Crippen molar-refractivity contribution in [3.63, 3.8) is 0 Å². The number of carboxylic acid groups (broad SMARTS) is 1. The van der Waals surface area contributed by atoms with Crippen molar-refractivity contribution in [2.45, 2.75) is 13.0 Å². The third-order valence-corrected chi connectivity index (χ3v) is 3.45. The van der Waals surface area contributed by atoms with E-state index in [2.05, 4.69) is 0 Å². The lowest BCUT2D eigenvalue weighted by Gasteiger charge is -2.33. The molecule has 1 aromatic carbocycles. The van der Waals surface area contributed by atoms with E-state index in [1.807, 2.05) is 4.90 Å². The SMILES string of the molecule is Cc1cc([N+](=O)[O-])c(Cl)cc1N1CCOC(C(=O)O)C1. The van der Waals surface area contributed by atoms with Gasteiger partial charge in [0.1, 0.15) is 5.02 Å². The quantitative estimate of drug-likeness (QED) is 0.676. The Bertz CT molecular complexity index is 563. The average Bonchev–Trinajstić information content (AvgIpc) is 2.40. The molecule has 0 saturated carbocycles. The van der Waals surface area contributed by atoms with Crippen molar-refractivity contribution in [3.8, 4) is 0 Å². The van der Waals surface area contributed by atoms with Crippen molar-refractivity contribution in [3.05, 3.63) is 32.8 Å². The molecule has 0 aromatic heterocycles. The molecule has 1 aromatic rings. The van der Waals surface area contributed by atoms with Crippen LogP contribution in [0.4, 0.5) is 11.4 Å². The second kappa shape index (κ2) is 5.64. The Kier molecular flexibility index (Phi) is 4.10. The van der Waals surface area contributed by atoms with E-state index < -0.39 is 17.0 Å². The van der Waals surface area contributed by atoms with Gasteiger partial charge >= 0.3 is 5.97 Å². The number of anilines is 1. The van der Waals surface area contributed by atoms with Crippen LogP contribution in [0, 0.1) is 17.0 Å². The van der Waals surface area contributed by atoms with Crippen LogP contribution in [0.5, 0.6) is 0 Å². The second-order valence-corrected chi connectivity index (χ2v) is 4.90. The fourth-order valence-electron chi connectivity index (χ4n) is 2.15. The lowest BCUT2D eigenvalue weighted by atomic mass is 10.1. The van der Waals surface area contributed by atoms with Crippen LogP contribution in [0.25, 0.3) is 0 Å². The van der Waals surface area contributed by atoms with Gasteiger partial charge in [-0.05, 0) is 18.6 Å². The zero-order valence-corrected chi connectivity index (χ0v) is 11.5. The number of carbonyl (C=O) groups is 1. The summed E-state index contributed by atoms with van der Waals surface area (Å²) in [6.45, 7) is 2.71. The van der Waals surface area contributed by atoms with Gasteiger partial charge in [0, 0.05) is 18.3 Å². The summed E-state index contributed by atoms with van der Waals surface area (Å²) in [5.74, 6) is -1.03. The van der Waals surface area contributed by atoms with Crippen LogP contribution in [-0.2, 0) is 9.53 Å². The maximum atomic E-state index is 11.0. The van der Waals surface area contributed by atoms with Gasteiger partial charge in [-0.2, -0.15) is 0 Å². The number of hydrogen-bond acceptors (Lipinski definition) is 5. The zero-order valence-electron chi connectivity index (χ0n) is 10.7. The largest absolute Gasteiger partial charge is 0.479 e. The van der Waals surface area contributed by atoms with Crippen LogP contribution < -0.4 is 4.90 Å². The number of halogens is 1. The van der Waals surface area contributed by atoms with Gasteiger partial charge in [-0.1, -0.05) is 11.6 Å². The van der Waals surface area contributed by atoms with Crippen molar-refractivity contribution in [1.82, 2.24) is 0 Å². The zero-order chi connectivity index (χ0) is 14.9. The fraction of sp³-hybridized carbons (Fsp3) is 0.417. The van der Waals surface area contributed by atoms with Crippen molar-refractivity contribution in [2.75, 3.05) is 24.6 Å². The molecule has 1 atom stereocenters. The van der Waals surface area contributed by atoms with Crippen LogP contribution in [0.1, 0.15) is 5.56 Å². The standard InChI is InChI=1S/C12H13ClN2O5/c1-7-4-10(15(18)19)8(13)5-9(7)14-2-3-20-11(6-14)12(16)17/h4-5,11H,2-3,6H2,1H3,(H,16,17). The molecule has 2 rings (SSSR count). The lowest BCUT2D eigenvalue weighted by molar-refractivity contribution is -0.384. The van der Waals surface area contributed by atoms with Gasteiger partial charge in [-0.3, -0.25) is 10.1 Å². The number of nitro groups is 1. The number of hydrogen-bond donors (Lipinski definition) is 1. The summed E-state index contributed by atoms with van der Waals surface area (Å²) >= 11 is 5.90. The summed E-state index contributed by atoms with van der Waals surface area (Å²) in [5.41, 5.74) is 1.21. The second-order valence-electron chi connectivity index (χ2n) is 4.49. The number of nitrogens with zero attached hydrogens (tertiary/aromatic N) is 2. The van der Waals surface area contributed by atoms with Gasteiger partial charge < -0.3 is 14.7 Å². The van der Waals surface area contributed by atoms with E-state index in [0.29, 0.717) is 17.8 Å². The molecule has 20 heavy (non-hydrogen) atoms. The fourth-order valence-corrected chi connectivity index (χ4v) is 2.38. The molecule has 0 radical (unpaired) electrons. The Morgan fingerprint density at radius 3 is 2.90 bits per heavy atom. The highest BCUT2D eigenvalue weighted by molar-refractivity contribution is 6.33. The molecular weight excluding hydrogens is 288 g/mol. The molecule has 0 bridgehead atoms. The third-order valence-electron chi connectivity index (χ3n) is 3.14. The number of ether oxygens (including phenoxy) is 1. The molecule has 1 fully saturated rings. The molecule has 1 aliphatic rings. The minimum Gasteiger partial charge on any atom is -0.479 e. The summed E-state index contributed by atoms with van der Waals surface area (Å²) in [6.07, 6.45) is -0.905. The van der Waals surface area contributed by atoms with Crippen LogP contribution in [0.3, 0.4) is 0 Å². The molecule has 1 unspecified atom stereocenters. The number of morpholine rings is 1. The maximum absolute atomic E-state index is 11.0. The number of aliphatic carboxylic acids is 1. The van der Waals surface area contributed by atoms with E-state index in [4.69, 9.17) is 21.4 Å². The molecule has 1 saturated heterocycles. The summed E-state index contributed by atoms with van der Waals surface area (Å²) in [5, 5.41) is 19.8. The molecule has 0 spiro atoms. The molecule has 1 heterocycles. The summed E-state index contributed by atoms with van der Waals surface area (Å²) in [4.78, 5) is 23.0. The van der Waals surface area contributed by atoms with Crippen molar-refractivity contribution in [2.24, 2.45) is 0 Å². The van der Waals surface area contributed by atoms with Crippen LogP contribution in [-0.4, -0.2) is 41.8 Å². The van der Waals surface area contributed by atoms with Gasteiger partial charge in [0.15, 0.2) is 6.10 Å². The third kappa shape index (κ3) is 2.83. The molecular formula is C12H13ClN2O5. The molecule has 1 N–H and O–H groups in total. The lowest BCUT2D eigenvalue weighted by Crippen LogP contribution is -2.46. The molecule has 1 aliphatic heterocycles. The van der Waals surface area contributed by atoms with E-state index in [0.717, 1.165) is 0 Å². The first kappa shape index (κ1) is 14.5. The molecule has 0 aliphatic carbocycles. The Morgan fingerprint density at radius 1 is 1.60 bits per heavy atom. The Morgan fingerprint density at radius 2 is 2.30 bits per heavy atom. The Labute approximate surface area is 119 Å². The van der Waals surface area contributed by atoms with E-state index >= 15 is 0 Å². The monoisotopic (exact) mass is 300 g/mol. The first-order valence-corrected chi connectivity index (χ1v) is 6.32. The molecule has 7 nitrogen and oxygen atoms in total. The number of benzene rings is 1. The number of nitro benzene ring substituents is 1. The van der Waals surface area contributed by atoms with Crippen molar-refractivity contribution in [1.29, 1.82) is 0 Å². The topological polar surface area (TPSA) is 92.9 Å². The predicted molar refractivity (Wildman–Crippen MR) is 72.4 cm³/mol. The summed E-state index contributed by atoms with van der Waals surface area (Å²) < 4.78 is 5.14. The highest BCUT2D eigenvalue weighted by Gasteiger charge is 2.28. The highest BCUT2D eigenvalue weighted by Crippen LogP contribution is 2.33. The van der Waals surface area contributed by atoms with Gasteiger partial charge in [0.25, 0.3) is 5.69 Å². The highest BCUT2D eigenvalue weighted by atomic mass is 35.5. The van der Waals surface area contributed by atoms with E-state index in [1.165, 1.54) is 12.1 Å². The van der Waals surface area contributed by atoms with E-state index in [9.17, 15) is 14.9 Å². The van der Waals surface area contributed by atoms with Gasteiger partial charge in [0.05, 0.1) is 18.1 Å². The number of aryl methyl sites for hydroxylation is 1. The molecule has 0 amide bonds. The Hall–Kier alpha value is -1.86. The number of carboxylic acids is 1. The minimum absolute atomic E-state index is 0.0361. The normalized spacial score (nSPS) is 18.9.